The van der Waals surface area contributed by atoms with E-state index in [1.54, 1.807) is 7.11 Å². The lowest BCUT2D eigenvalue weighted by atomic mass is 9.97. The van der Waals surface area contributed by atoms with E-state index in [-0.39, 0.29) is 12.1 Å². The van der Waals surface area contributed by atoms with Crippen molar-refractivity contribution < 1.29 is 4.74 Å². The molecule has 4 rings (SSSR count). The lowest BCUT2D eigenvalue weighted by Gasteiger charge is -2.28. The van der Waals surface area contributed by atoms with Gasteiger partial charge in [-0.15, -0.1) is 0 Å². The quantitative estimate of drug-likeness (QED) is 0.631. The number of nitrogens with zero attached hydrogens (tertiary/aromatic N) is 4. The highest BCUT2D eigenvalue weighted by Crippen LogP contribution is 2.41. The molecule has 0 spiro atoms. The van der Waals surface area contributed by atoms with Crippen molar-refractivity contribution >= 4 is 17.3 Å². The van der Waals surface area contributed by atoms with Gasteiger partial charge in [-0.2, -0.15) is 0 Å². The maximum absolute atomic E-state index is 5.70. The summed E-state index contributed by atoms with van der Waals surface area (Å²) in [5.74, 6) is 0.917. The summed E-state index contributed by atoms with van der Waals surface area (Å²) < 4.78 is 7.54. The maximum Gasteiger partial charge on any atom is 0.170 e. The van der Waals surface area contributed by atoms with Gasteiger partial charge in [0.05, 0.1) is 24.4 Å². The molecular formula is C22H25N5OS. The molecule has 0 amide bonds. The van der Waals surface area contributed by atoms with Gasteiger partial charge in [-0.3, -0.25) is 4.98 Å². The third-order valence-corrected chi connectivity index (χ3v) is 5.75. The van der Waals surface area contributed by atoms with Crippen molar-refractivity contribution in [2.45, 2.75) is 25.9 Å². The van der Waals surface area contributed by atoms with Gasteiger partial charge in [0, 0.05) is 37.4 Å². The molecule has 6 nitrogen and oxygen atoms in total. The molecule has 3 aromatic rings. The maximum atomic E-state index is 5.70. The zero-order chi connectivity index (χ0) is 20.4. The third-order valence-electron chi connectivity index (χ3n) is 5.40. The summed E-state index contributed by atoms with van der Waals surface area (Å²) in [4.78, 5) is 11.4. The molecule has 2 atom stereocenters. The molecule has 4 heterocycles. The summed E-state index contributed by atoms with van der Waals surface area (Å²) in [7, 11) is 1.71. The van der Waals surface area contributed by atoms with Crippen molar-refractivity contribution in [3.05, 3.63) is 77.5 Å². The van der Waals surface area contributed by atoms with Crippen LogP contribution in [0.4, 0.5) is 0 Å². The van der Waals surface area contributed by atoms with Crippen molar-refractivity contribution in [1.82, 2.24) is 24.8 Å². The first kappa shape index (κ1) is 19.5. The predicted octanol–water partition coefficient (Wildman–Crippen LogP) is 3.50. The van der Waals surface area contributed by atoms with Crippen molar-refractivity contribution in [2.75, 3.05) is 20.3 Å². The van der Waals surface area contributed by atoms with Gasteiger partial charge in [0.15, 0.2) is 5.11 Å². The van der Waals surface area contributed by atoms with Crippen LogP contribution in [0.3, 0.4) is 0 Å². The molecule has 0 bridgehead atoms. The van der Waals surface area contributed by atoms with Crippen LogP contribution in [0.2, 0.25) is 0 Å². The minimum Gasteiger partial charge on any atom is -0.383 e. The zero-order valence-corrected chi connectivity index (χ0v) is 17.7. The topological polar surface area (TPSA) is 55.2 Å². The van der Waals surface area contributed by atoms with Gasteiger partial charge in [0.25, 0.3) is 0 Å². The highest BCUT2D eigenvalue weighted by atomic mass is 32.1. The van der Waals surface area contributed by atoms with E-state index < -0.39 is 0 Å². The van der Waals surface area contributed by atoms with E-state index in [1.165, 1.54) is 5.56 Å². The van der Waals surface area contributed by atoms with Crippen molar-refractivity contribution in [3.8, 4) is 5.82 Å². The summed E-state index contributed by atoms with van der Waals surface area (Å²) in [6.07, 6.45) is 3.65. The van der Waals surface area contributed by atoms with Crippen LogP contribution >= 0.6 is 12.2 Å². The molecule has 1 aliphatic heterocycles. The number of pyridine rings is 2. The van der Waals surface area contributed by atoms with Crippen LogP contribution in [0.5, 0.6) is 0 Å². The van der Waals surface area contributed by atoms with Gasteiger partial charge >= 0.3 is 0 Å². The van der Waals surface area contributed by atoms with E-state index in [1.807, 2.05) is 48.8 Å². The molecule has 1 fully saturated rings. The van der Waals surface area contributed by atoms with Gasteiger partial charge < -0.3 is 19.5 Å². The van der Waals surface area contributed by atoms with Gasteiger partial charge in [-0.1, -0.05) is 12.1 Å². The molecule has 0 saturated carbocycles. The molecule has 1 N–H and O–H groups in total. The van der Waals surface area contributed by atoms with Crippen LogP contribution in [0.25, 0.3) is 5.82 Å². The fourth-order valence-electron chi connectivity index (χ4n) is 4.10. The van der Waals surface area contributed by atoms with Gasteiger partial charge in [0.1, 0.15) is 5.82 Å². The van der Waals surface area contributed by atoms with Crippen LogP contribution < -0.4 is 5.32 Å². The number of ether oxygens (including phenoxy) is 1. The smallest absolute Gasteiger partial charge is 0.170 e. The van der Waals surface area contributed by atoms with Crippen molar-refractivity contribution in [2.24, 2.45) is 0 Å². The van der Waals surface area contributed by atoms with Gasteiger partial charge in [-0.25, -0.2) is 4.98 Å². The summed E-state index contributed by atoms with van der Waals surface area (Å²) >= 11 is 5.70. The number of rotatable bonds is 6. The summed E-state index contributed by atoms with van der Waals surface area (Å²) in [5.41, 5.74) is 4.48. The standard InChI is InChI=1S/C22H25N5OS/c1-15-14-17(16(2)27(15)19-9-5-7-11-24-19)21-20(18-8-4-6-10-23-18)25-22(29)26(21)12-13-28-3/h4-11,14,20-21H,12-13H2,1-3H3,(H,25,29). The second kappa shape index (κ2) is 8.31. The molecule has 150 valence electrons. The molecule has 3 aromatic heterocycles. The Hall–Kier alpha value is -2.77. The number of hydrogen-bond acceptors (Lipinski definition) is 4. The second-order valence-corrected chi connectivity index (χ2v) is 7.55. The lowest BCUT2D eigenvalue weighted by molar-refractivity contribution is 0.164. The molecule has 1 aliphatic rings. The van der Waals surface area contributed by atoms with E-state index in [9.17, 15) is 0 Å². The highest BCUT2D eigenvalue weighted by molar-refractivity contribution is 7.80. The number of nitrogens with one attached hydrogen (secondary N) is 1. The molecular weight excluding hydrogens is 382 g/mol. The Morgan fingerprint density at radius 1 is 1.10 bits per heavy atom. The number of aryl methyl sites for hydroxylation is 1. The Bertz CT molecular complexity index is 989. The number of methoxy groups -OCH3 is 1. The predicted molar refractivity (Wildman–Crippen MR) is 117 cm³/mol. The van der Waals surface area contributed by atoms with Crippen LogP contribution in [0.15, 0.2) is 54.9 Å². The molecule has 2 unspecified atom stereocenters. The Morgan fingerprint density at radius 3 is 2.52 bits per heavy atom. The van der Waals surface area contributed by atoms with Crippen LogP contribution in [-0.2, 0) is 4.74 Å². The fraction of sp³-hybridized carbons (Fsp3) is 0.318. The van der Waals surface area contributed by atoms with Gasteiger partial charge in [-0.05, 0) is 62.0 Å². The first-order valence-corrected chi connectivity index (χ1v) is 10.1. The number of thiocarbonyl (C=S) groups is 1. The Kier molecular flexibility index (Phi) is 5.60. The SMILES string of the molecule is COCCN1C(=S)NC(c2ccccn2)C1c1cc(C)n(-c2ccccn2)c1C. The molecule has 7 heteroatoms. The average Bonchev–Trinajstić information content (AvgIpc) is 3.23. The molecule has 0 aromatic carbocycles. The van der Waals surface area contributed by atoms with E-state index >= 15 is 0 Å². The molecule has 0 aliphatic carbocycles. The Balaban J connectivity index is 1.81. The minimum absolute atomic E-state index is 0.0243. The first-order chi connectivity index (χ1) is 14.1. The van der Waals surface area contributed by atoms with Crippen LogP contribution in [-0.4, -0.2) is 44.8 Å². The second-order valence-electron chi connectivity index (χ2n) is 7.16. The normalized spacial score (nSPS) is 18.9. The summed E-state index contributed by atoms with van der Waals surface area (Å²) in [6.45, 7) is 5.57. The van der Waals surface area contributed by atoms with E-state index in [0.717, 1.165) is 28.0 Å². The number of hydrogen-bond donors (Lipinski definition) is 1. The minimum atomic E-state index is -0.0294. The third kappa shape index (κ3) is 3.63. The zero-order valence-electron chi connectivity index (χ0n) is 16.9. The first-order valence-electron chi connectivity index (χ1n) is 9.69. The van der Waals surface area contributed by atoms with E-state index in [0.29, 0.717) is 13.2 Å². The summed E-state index contributed by atoms with van der Waals surface area (Å²) in [5, 5.41) is 4.22. The fourth-order valence-corrected chi connectivity index (χ4v) is 4.43. The monoisotopic (exact) mass is 407 g/mol. The largest absolute Gasteiger partial charge is 0.383 e. The molecule has 1 saturated heterocycles. The van der Waals surface area contributed by atoms with Crippen molar-refractivity contribution in [1.29, 1.82) is 0 Å². The highest BCUT2D eigenvalue weighted by Gasteiger charge is 2.41. The average molecular weight is 408 g/mol. The lowest BCUT2D eigenvalue weighted by Crippen LogP contribution is -2.32. The summed E-state index contributed by atoms with van der Waals surface area (Å²) in [6, 6.07) is 14.2. The van der Waals surface area contributed by atoms with Crippen molar-refractivity contribution in [3.63, 3.8) is 0 Å². The van der Waals surface area contributed by atoms with Gasteiger partial charge in [0.2, 0.25) is 0 Å². The van der Waals surface area contributed by atoms with Crippen LogP contribution in [0, 0.1) is 13.8 Å². The Labute approximate surface area is 176 Å². The van der Waals surface area contributed by atoms with E-state index in [2.05, 4.69) is 44.7 Å². The van der Waals surface area contributed by atoms with Crippen LogP contribution in [0.1, 0.15) is 34.7 Å². The Morgan fingerprint density at radius 2 is 1.86 bits per heavy atom. The molecule has 0 radical (unpaired) electrons. The van der Waals surface area contributed by atoms with E-state index in [4.69, 9.17) is 17.0 Å². The number of aromatic nitrogens is 3. The molecule has 29 heavy (non-hydrogen) atoms.